The van der Waals surface area contributed by atoms with Gasteiger partial charge in [0.15, 0.2) is 5.96 Å². The number of benzene rings is 2. The van der Waals surface area contributed by atoms with Crippen molar-refractivity contribution >= 4 is 29.8 Å². The highest BCUT2D eigenvalue weighted by Gasteiger charge is 2.12. The Morgan fingerprint density at radius 1 is 0.672 bits per heavy atom. The number of nitrogens with zero attached hydrogens (tertiary/aromatic N) is 4. The third-order valence-corrected chi connectivity index (χ3v) is 6.36. The highest BCUT2D eigenvalue weighted by molar-refractivity contribution is 6.01. The second-order valence-corrected chi connectivity index (χ2v) is 11.2. The van der Waals surface area contributed by atoms with Crippen molar-refractivity contribution < 1.29 is 47.5 Å². The summed E-state index contributed by atoms with van der Waals surface area (Å²) in [6, 6.07) is 20.3. The van der Waals surface area contributed by atoms with Crippen molar-refractivity contribution in [3.05, 3.63) is 96.8 Å². The van der Waals surface area contributed by atoms with Crippen molar-refractivity contribution in [2.45, 2.75) is 20.1 Å². The molecule has 0 unspecified atom stereocenters. The van der Waals surface area contributed by atoms with E-state index in [9.17, 15) is 9.59 Å². The van der Waals surface area contributed by atoms with Crippen LogP contribution in [0.5, 0.6) is 0 Å². The fraction of sp³-hybridized carbons (Fsp3) is 0.462. The van der Waals surface area contributed by atoms with Crippen molar-refractivity contribution in [1.29, 1.82) is 0 Å². The largest absolute Gasteiger partial charge is 0.444 e. The first-order valence-corrected chi connectivity index (χ1v) is 18.3. The molecule has 0 aliphatic carbocycles. The van der Waals surface area contributed by atoms with Crippen LogP contribution in [0.25, 0.3) is 5.70 Å². The number of rotatable bonds is 22. The molecule has 0 bridgehead atoms. The molecule has 1 heterocycles. The lowest BCUT2D eigenvalue weighted by atomic mass is 10.2. The Hall–Kier alpha value is -5.41. The van der Waals surface area contributed by atoms with Crippen LogP contribution in [0.15, 0.2) is 95.7 Å². The van der Waals surface area contributed by atoms with Crippen LogP contribution in [0.3, 0.4) is 0 Å². The fourth-order valence-corrected chi connectivity index (χ4v) is 3.59. The van der Waals surface area contributed by atoms with Gasteiger partial charge in [-0.2, -0.15) is 5.10 Å². The number of carbonyl (C=O) groups excluding carboxylic acids is 2. The third kappa shape index (κ3) is 33.9. The minimum atomic E-state index is -0.758. The van der Waals surface area contributed by atoms with E-state index in [-0.39, 0.29) is 38.3 Å². The van der Waals surface area contributed by atoms with Gasteiger partial charge in [-0.25, -0.2) is 19.3 Å². The van der Waals surface area contributed by atoms with Gasteiger partial charge in [0.05, 0.1) is 72.6 Å². The number of carbonyl (C=O) groups is 2. The van der Waals surface area contributed by atoms with Crippen LogP contribution in [0.2, 0.25) is 0 Å². The number of nitrogens with one attached hydrogen (secondary N) is 2. The van der Waals surface area contributed by atoms with Crippen LogP contribution < -0.4 is 27.8 Å². The van der Waals surface area contributed by atoms with Gasteiger partial charge in [-0.15, -0.1) is 0 Å². The van der Waals surface area contributed by atoms with Gasteiger partial charge in [-0.1, -0.05) is 67.2 Å². The molecule has 2 aromatic carbocycles. The molecule has 0 saturated carbocycles. The minimum absolute atomic E-state index is 0.0819. The van der Waals surface area contributed by atoms with Gasteiger partial charge in [0.1, 0.15) is 13.2 Å². The molecule has 8 N–H and O–H groups in total. The first-order chi connectivity index (χ1) is 28.2. The fourth-order valence-electron chi connectivity index (χ4n) is 3.59. The van der Waals surface area contributed by atoms with Crippen molar-refractivity contribution in [2.24, 2.45) is 27.2 Å². The summed E-state index contributed by atoms with van der Waals surface area (Å²) in [6.07, 6.45) is 2.08. The average molecular weight is 818 g/mol. The van der Waals surface area contributed by atoms with Crippen molar-refractivity contribution in [2.75, 3.05) is 100 Å². The number of ether oxygens (including phenoxy) is 8. The minimum Gasteiger partial charge on any atom is -0.444 e. The molecule has 2 amide bonds. The molecule has 0 aliphatic heterocycles. The summed E-state index contributed by atoms with van der Waals surface area (Å²) < 4.78 is 41.8. The summed E-state index contributed by atoms with van der Waals surface area (Å²) >= 11 is 0. The van der Waals surface area contributed by atoms with E-state index in [2.05, 4.69) is 32.3 Å². The zero-order valence-electron chi connectivity index (χ0n) is 34.2. The van der Waals surface area contributed by atoms with Gasteiger partial charge < -0.3 is 55.1 Å². The Morgan fingerprint density at radius 2 is 1.12 bits per heavy atom. The Labute approximate surface area is 341 Å². The molecule has 3 aromatic rings. The van der Waals surface area contributed by atoms with E-state index >= 15 is 0 Å². The predicted molar refractivity (Wildman–Crippen MR) is 223 cm³/mol. The number of allylic oxidation sites excluding steroid dienone is 1. The van der Waals surface area contributed by atoms with E-state index in [1.165, 1.54) is 0 Å². The van der Waals surface area contributed by atoms with E-state index in [4.69, 9.17) is 55.1 Å². The molecule has 0 aliphatic rings. The highest BCUT2D eigenvalue weighted by atomic mass is 16.6. The number of hydrogen-bond acceptors (Lipinski definition) is 14. The Balaban J connectivity index is 0.000000968. The summed E-state index contributed by atoms with van der Waals surface area (Å²) in [5.74, 6) is 0.00630. The number of aliphatic imine (C=N–C) groups is 2. The maximum Gasteiger partial charge on any atom is 0.414 e. The van der Waals surface area contributed by atoms with Gasteiger partial charge in [0.2, 0.25) is 5.96 Å². The molecule has 1 aromatic heterocycles. The van der Waals surface area contributed by atoms with Gasteiger partial charge >= 0.3 is 12.2 Å². The third-order valence-electron chi connectivity index (χ3n) is 6.36. The van der Waals surface area contributed by atoms with E-state index in [0.29, 0.717) is 65.9 Å². The summed E-state index contributed by atoms with van der Waals surface area (Å²) in [7, 11) is 4.85. The van der Waals surface area contributed by atoms with E-state index < -0.39 is 12.2 Å². The number of hydrogen-bond donors (Lipinski definition) is 5. The molecular formula is C39H63N9O10. The maximum atomic E-state index is 12.1. The van der Waals surface area contributed by atoms with Crippen LogP contribution >= 0.6 is 0 Å². The molecule has 0 spiro atoms. The Morgan fingerprint density at radius 3 is 1.48 bits per heavy atom. The lowest BCUT2D eigenvalue weighted by Gasteiger charge is -2.12. The standard InChI is InChI=1S/C22H27N3O6.C6H15N3O2.C6H8N2.C5H13NO2/c1-28-14-15-29-13-12-23-20(24-21(26)30-16-18-8-4-2-5-9-18)25-22(27)31-17-19-10-6-3-7-11-19;1-10-4-5-11-3-2-9-6(7)8;1-6(2)8-5-3-4-7-8;1-7-4-5-8-3-2-6/h2-11H,12-17H2,1H3,(H2,23,24,25,26,27);2-5H2,1H3,(H4,7,8,9);3-5H,1H2,2H3;2-6H2,1H3. The second kappa shape index (κ2) is 38.5. The smallest absolute Gasteiger partial charge is 0.414 e. The van der Waals surface area contributed by atoms with E-state index in [0.717, 1.165) is 16.8 Å². The lowest BCUT2D eigenvalue weighted by molar-refractivity contribution is 0.0747. The number of methoxy groups -OCH3 is 3. The molecule has 58 heavy (non-hydrogen) atoms. The predicted octanol–water partition coefficient (Wildman–Crippen LogP) is 2.76. The SMILES string of the molecule is C=C(C)n1cccn1.COCCOCCN.COCCOCCN=C(N)N.COCCOCCN=C(NC(=O)OCc1ccccc1)NC(=O)OCc1ccccc1. The number of amides is 2. The lowest BCUT2D eigenvalue weighted by Crippen LogP contribution is -2.44. The summed E-state index contributed by atoms with van der Waals surface area (Å²) in [5.41, 5.74) is 17.9. The second-order valence-electron chi connectivity index (χ2n) is 11.2. The Kier molecular flexibility index (Phi) is 34.9. The monoisotopic (exact) mass is 817 g/mol. The van der Waals surface area contributed by atoms with Gasteiger partial charge in [-0.3, -0.25) is 15.6 Å². The zero-order chi connectivity index (χ0) is 42.9. The van der Waals surface area contributed by atoms with Crippen LogP contribution in [-0.2, 0) is 51.1 Å². The average Bonchev–Trinajstić information content (AvgIpc) is 3.78. The molecule has 0 fully saturated rings. The summed E-state index contributed by atoms with van der Waals surface area (Å²) in [5, 5.41) is 8.76. The first kappa shape index (κ1) is 52.6. The van der Waals surface area contributed by atoms with E-state index in [1.807, 2.05) is 79.9 Å². The number of nitrogens with two attached hydrogens (primary N) is 3. The van der Waals surface area contributed by atoms with Crippen molar-refractivity contribution in [3.8, 4) is 0 Å². The topological polar surface area (TPSA) is 253 Å². The molecule has 0 atom stereocenters. The maximum absolute atomic E-state index is 12.1. The molecular weight excluding hydrogens is 754 g/mol. The van der Waals surface area contributed by atoms with E-state index in [1.54, 1.807) is 32.2 Å². The first-order valence-electron chi connectivity index (χ1n) is 18.3. The molecule has 324 valence electrons. The quantitative estimate of drug-likeness (QED) is 0.0556. The highest BCUT2D eigenvalue weighted by Crippen LogP contribution is 2.02. The summed E-state index contributed by atoms with van der Waals surface area (Å²) in [6.45, 7) is 11.9. The number of guanidine groups is 2. The molecule has 19 heteroatoms. The zero-order valence-corrected chi connectivity index (χ0v) is 34.2. The van der Waals surface area contributed by atoms with Gasteiger partial charge in [0, 0.05) is 46.0 Å². The summed E-state index contributed by atoms with van der Waals surface area (Å²) in [4.78, 5) is 32.1. The molecule has 19 nitrogen and oxygen atoms in total. The van der Waals surface area contributed by atoms with Crippen molar-refractivity contribution in [1.82, 2.24) is 20.4 Å². The van der Waals surface area contributed by atoms with Crippen LogP contribution in [0, 0.1) is 0 Å². The molecule has 3 rings (SSSR count). The number of alkyl carbamates (subject to hydrolysis) is 2. The Bertz CT molecular complexity index is 1410. The molecule has 0 radical (unpaired) electrons. The van der Waals surface area contributed by atoms with Crippen LogP contribution in [-0.4, -0.2) is 134 Å². The van der Waals surface area contributed by atoms with Gasteiger partial charge in [0.25, 0.3) is 0 Å². The van der Waals surface area contributed by atoms with Gasteiger partial charge in [-0.05, 0) is 24.1 Å². The van der Waals surface area contributed by atoms with Crippen LogP contribution in [0.1, 0.15) is 18.1 Å². The van der Waals surface area contributed by atoms with Crippen LogP contribution in [0.4, 0.5) is 9.59 Å². The normalized spacial score (nSPS) is 9.81. The van der Waals surface area contributed by atoms with Crippen molar-refractivity contribution in [3.63, 3.8) is 0 Å². The molecule has 0 saturated heterocycles. The number of aromatic nitrogens is 2.